The van der Waals surface area contributed by atoms with E-state index in [1.54, 1.807) is 11.4 Å². The number of anilines is 1. The molecule has 0 spiro atoms. The number of carbonyl (C=O) groups is 1. The summed E-state index contributed by atoms with van der Waals surface area (Å²) in [7, 11) is 0. The minimum Gasteiger partial charge on any atom is -0.462 e. The number of rotatable bonds is 6. The number of hydrogen-bond donors (Lipinski definition) is 1. The Morgan fingerprint density at radius 1 is 1.30 bits per heavy atom. The second-order valence-electron chi connectivity index (χ2n) is 8.28. The number of nitrogens with one attached hydrogen (secondary N) is 1. The molecule has 0 radical (unpaired) electrons. The molecular formula is C22H26Cl2N4O2. The Balaban J connectivity index is 2.17. The maximum atomic E-state index is 12.3. The molecule has 0 aliphatic carbocycles. The molecule has 3 rings (SSSR count). The summed E-state index contributed by atoms with van der Waals surface area (Å²) >= 11 is 12.8. The van der Waals surface area contributed by atoms with Crippen LogP contribution >= 0.6 is 23.2 Å². The summed E-state index contributed by atoms with van der Waals surface area (Å²) in [5.41, 5.74) is 2.39. The molecule has 160 valence electrons. The van der Waals surface area contributed by atoms with E-state index in [1.165, 1.54) is 6.20 Å². The summed E-state index contributed by atoms with van der Waals surface area (Å²) in [5, 5.41) is 8.92. The predicted octanol–water partition coefficient (Wildman–Crippen LogP) is 5.65. The zero-order chi connectivity index (χ0) is 22.1. The third-order valence-corrected chi connectivity index (χ3v) is 5.66. The smallest absolute Gasteiger partial charge is 0.343 e. The lowest BCUT2D eigenvalue weighted by Gasteiger charge is -2.30. The second kappa shape index (κ2) is 8.82. The average molecular weight is 449 g/mol. The van der Waals surface area contributed by atoms with Gasteiger partial charge in [0.05, 0.1) is 12.8 Å². The molecule has 1 atom stereocenters. The monoisotopic (exact) mass is 448 g/mol. The SMILES string of the molecule is CCOC(=O)c1cnn2c(N[C@@H](C)C(C)(C)C)c(Cc3cccc(Cl)c3)c(Cl)nc12. The molecule has 3 aromatic rings. The molecular weight excluding hydrogens is 423 g/mol. The van der Waals surface area contributed by atoms with Crippen molar-refractivity contribution in [2.45, 2.75) is 47.1 Å². The first kappa shape index (κ1) is 22.4. The molecule has 0 fully saturated rings. The van der Waals surface area contributed by atoms with Gasteiger partial charge in [-0.15, -0.1) is 0 Å². The van der Waals surface area contributed by atoms with Gasteiger partial charge < -0.3 is 10.1 Å². The number of nitrogens with zero attached hydrogens (tertiary/aromatic N) is 3. The zero-order valence-electron chi connectivity index (χ0n) is 17.8. The van der Waals surface area contributed by atoms with Crippen LogP contribution in [-0.4, -0.2) is 33.2 Å². The van der Waals surface area contributed by atoms with Gasteiger partial charge in [0.2, 0.25) is 0 Å². The van der Waals surface area contributed by atoms with Crippen LogP contribution in [0.3, 0.4) is 0 Å². The molecule has 0 aliphatic rings. The van der Waals surface area contributed by atoms with E-state index >= 15 is 0 Å². The highest BCUT2D eigenvalue weighted by molar-refractivity contribution is 6.31. The lowest BCUT2D eigenvalue weighted by molar-refractivity contribution is 0.0528. The molecule has 1 aromatic carbocycles. The van der Waals surface area contributed by atoms with Gasteiger partial charge in [-0.1, -0.05) is 56.1 Å². The van der Waals surface area contributed by atoms with Gasteiger partial charge in [-0.3, -0.25) is 0 Å². The Morgan fingerprint density at radius 2 is 2.03 bits per heavy atom. The van der Waals surface area contributed by atoms with E-state index in [1.807, 2.05) is 24.3 Å². The van der Waals surface area contributed by atoms with Crippen LogP contribution in [0.25, 0.3) is 5.65 Å². The Labute approximate surface area is 186 Å². The second-order valence-corrected chi connectivity index (χ2v) is 9.08. The van der Waals surface area contributed by atoms with Gasteiger partial charge in [-0.05, 0) is 37.0 Å². The van der Waals surface area contributed by atoms with Crippen molar-refractivity contribution in [2.24, 2.45) is 5.41 Å². The first-order chi connectivity index (χ1) is 14.1. The predicted molar refractivity (Wildman–Crippen MR) is 121 cm³/mol. The van der Waals surface area contributed by atoms with E-state index in [0.717, 1.165) is 11.1 Å². The van der Waals surface area contributed by atoms with Crippen LogP contribution in [0, 0.1) is 5.41 Å². The summed E-state index contributed by atoms with van der Waals surface area (Å²) in [6.07, 6.45) is 1.98. The Hall–Kier alpha value is -2.31. The number of ether oxygens (including phenoxy) is 1. The number of halogens is 2. The topological polar surface area (TPSA) is 68.5 Å². The third-order valence-electron chi connectivity index (χ3n) is 5.11. The van der Waals surface area contributed by atoms with E-state index in [0.29, 0.717) is 28.1 Å². The standard InChI is InChI=1S/C22H26Cl2N4O2/c1-6-30-21(29)17-12-25-28-19(26-13(2)22(3,4)5)16(18(24)27-20(17)28)11-14-8-7-9-15(23)10-14/h7-10,12-13,26H,6,11H2,1-5H3/t13-/m0/s1. The molecule has 1 N–H and O–H groups in total. The first-order valence-electron chi connectivity index (χ1n) is 9.86. The number of benzene rings is 1. The van der Waals surface area contributed by atoms with Crippen LogP contribution in [0.15, 0.2) is 30.5 Å². The van der Waals surface area contributed by atoms with E-state index in [4.69, 9.17) is 27.9 Å². The lowest BCUT2D eigenvalue weighted by Crippen LogP contribution is -2.32. The lowest BCUT2D eigenvalue weighted by atomic mass is 9.88. The molecule has 0 unspecified atom stereocenters. The zero-order valence-corrected chi connectivity index (χ0v) is 19.3. The quantitative estimate of drug-likeness (QED) is 0.389. The summed E-state index contributed by atoms with van der Waals surface area (Å²) in [4.78, 5) is 16.8. The highest BCUT2D eigenvalue weighted by Crippen LogP contribution is 2.31. The van der Waals surface area contributed by atoms with Crippen molar-refractivity contribution in [3.05, 3.63) is 57.3 Å². The van der Waals surface area contributed by atoms with Crippen molar-refractivity contribution in [3.63, 3.8) is 0 Å². The van der Waals surface area contributed by atoms with Gasteiger partial charge in [0.15, 0.2) is 5.65 Å². The number of fused-ring (bicyclic) bond motifs is 1. The Bertz CT molecular complexity index is 1070. The maximum absolute atomic E-state index is 12.3. The van der Waals surface area contributed by atoms with Crippen molar-refractivity contribution < 1.29 is 9.53 Å². The molecule has 0 saturated heterocycles. The van der Waals surface area contributed by atoms with Crippen LogP contribution < -0.4 is 5.32 Å². The average Bonchev–Trinajstić information content (AvgIpc) is 3.07. The molecule has 0 aliphatic heterocycles. The van der Waals surface area contributed by atoms with Crippen molar-refractivity contribution in [3.8, 4) is 0 Å². The molecule has 2 aromatic heterocycles. The fourth-order valence-electron chi connectivity index (χ4n) is 2.93. The van der Waals surface area contributed by atoms with E-state index in [-0.39, 0.29) is 23.6 Å². The van der Waals surface area contributed by atoms with Gasteiger partial charge in [0, 0.05) is 23.0 Å². The van der Waals surface area contributed by atoms with Crippen LogP contribution in [0.2, 0.25) is 10.2 Å². The van der Waals surface area contributed by atoms with E-state index in [2.05, 4.69) is 43.1 Å². The highest BCUT2D eigenvalue weighted by Gasteiger charge is 2.26. The summed E-state index contributed by atoms with van der Waals surface area (Å²) in [6, 6.07) is 7.69. The van der Waals surface area contributed by atoms with Gasteiger partial charge in [-0.2, -0.15) is 9.61 Å². The van der Waals surface area contributed by atoms with Crippen molar-refractivity contribution in [2.75, 3.05) is 11.9 Å². The molecule has 0 bridgehead atoms. The summed E-state index contributed by atoms with van der Waals surface area (Å²) in [5.74, 6) is 0.219. The maximum Gasteiger partial charge on any atom is 0.343 e. The Kier molecular flexibility index (Phi) is 6.58. The number of carbonyl (C=O) groups excluding carboxylic acids is 1. The van der Waals surface area contributed by atoms with Crippen molar-refractivity contribution in [1.29, 1.82) is 0 Å². The summed E-state index contributed by atoms with van der Waals surface area (Å²) in [6.45, 7) is 10.6. The minimum atomic E-state index is -0.478. The van der Waals surface area contributed by atoms with Gasteiger partial charge in [0.25, 0.3) is 0 Å². The summed E-state index contributed by atoms with van der Waals surface area (Å²) < 4.78 is 6.76. The molecule has 30 heavy (non-hydrogen) atoms. The van der Waals surface area contributed by atoms with E-state index in [9.17, 15) is 4.79 Å². The molecule has 0 amide bonds. The number of aromatic nitrogens is 3. The normalized spacial score (nSPS) is 12.8. The van der Waals surface area contributed by atoms with E-state index < -0.39 is 5.97 Å². The van der Waals surface area contributed by atoms with Crippen LogP contribution in [0.4, 0.5) is 5.82 Å². The fraction of sp³-hybridized carbons (Fsp3) is 0.409. The van der Waals surface area contributed by atoms with Crippen molar-refractivity contribution >= 4 is 40.6 Å². The van der Waals surface area contributed by atoms with Gasteiger partial charge in [-0.25, -0.2) is 9.78 Å². The van der Waals surface area contributed by atoms with Crippen LogP contribution in [0.5, 0.6) is 0 Å². The van der Waals surface area contributed by atoms with Gasteiger partial charge in [0.1, 0.15) is 16.5 Å². The molecule has 8 heteroatoms. The Morgan fingerprint density at radius 3 is 2.67 bits per heavy atom. The fourth-order valence-corrected chi connectivity index (χ4v) is 3.38. The number of esters is 1. The third kappa shape index (κ3) is 4.71. The molecule has 2 heterocycles. The van der Waals surface area contributed by atoms with Crippen LogP contribution in [-0.2, 0) is 11.2 Å². The van der Waals surface area contributed by atoms with Crippen molar-refractivity contribution in [1.82, 2.24) is 14.6 Å². The number of hydrogen-bond acceptors (Lipinski definition) is 5. The minimum absolute atomic E-state index is 0.0213. The largest absolute Gasteiger partial charge is 0.462 e. The highest BCUT2D eigenvalue weighted by atomic mass is 35.5. The van der Waals surface area contributed by atoms with Crippen LogP contribution in [0.1, 0.15) is 56.1 Å². The first-order valence-corrected chi connectivity index (χ1v) is 10.6. The molecule has 6 nitrogen and oxygen atoms in total. The molecule has 0 saturated carbocycles. The van der Waals surface area contributed by atoms with Gasteiger partial charge >= 0.3 is 5.97 Å².